The smallest absolute Gasteiger partial charge is 0.829 e. The quantitative estimate of drug-likeness (QED) is 0.226. The van der Waals surface area contributed by atoms with Crippen molar-refractivity contribution in [2.24, 2.45) is 0 Å². The number of phenols is 1. The maximum Gasteiger partial charge on any atom is 1.00 e. The van der Waals surface area contributed by atoms with Gasteiger partial charge in [0.15, 0.2) is 11.7 Å². The Morgan fingerprint density at radius 3 is 2.22 bits per heavy atom. The molecule has 3 aromatic carbocycles. The zero-order valence-corrected chi connectivity index (χ0v) is 21.5. The third-order valence-electron chi connectivity index (χ3n) is 6.35. The first-order chi connectivity index (χ1) is 17.2. The number of rotatable bonds is 5. The van der Waals surface area contributed by atoms with Crippen LogP contribution in [0.5, 0.6) is 11.5 Å². The normalized spacial score (nSPS) is 28.5. The third kappa shape index (κ3) is 4.51. The first kappa shape index (κ1) is 27.1. The number of cyclic esters (lactones) is 1. The van der Waals surface area contributed by atoms with Gasteiger partial charge in [0.05, 0.1) is 17.6 Å². The van der Waals surface area contributed by atoms with E-state index in [9.17, 15) is 35.1 Å². The van der Waals surface area contributed by atoms with Gasteiger partial charge in [0.2, 0.25) is 0 Å². The van der Waals surface area contributed by atoms with E-state index in [1.165, 1.54) is 18.2 Å². The number of hydrogen-bond acceptors (Lipinski definition) is 10. The Bertz CT molecular complexity index is 1310. The van der Waals surface area contributed by atoms with Gasteiger partial charge >= 0.3 is 35.5 Å². The summed E-state index contributed by atoms with van der Waals surface area (Å²) in [7, 11) is 0. The molecule has 5 rings (SSSR count). The van der Waals surface area contributed by atoms with Crippen molar-refractivity contribution in [3.8, 4) is 11.5 Å². The predicted molar refractivity (Wildman–Crippen MR) is 116 cm³/mol. The van der Waals surface area contributed by atoms with E-state index in [2.05, 4.69) is 0 Å². The van der Waals surface area contributed by atoms with E-state index in [-0.39, 0.29) is 46.6 Å². The number of ether oxygens (including phenoxy) is 3. The Hall–Kier alpha value is -2.96. The SMILES string of the molecule is O=C1OC(c2ccc(O)cc2)(c2ccccc2O[C@H]2[C@H](O)[C@@H](O)[C@H]([O-])O[C@@H]2C(=O)[O-])c2ccccc21.[Na+]. The number of benzene rings is 3. The van der Waals surface area contributed by atoms with Gasteiger partial charge in [0, 0.05) is 23.0 Å². The molecule has 1 saturated heterocycles. The van der Waals surface area contributed by atoms with Crippen molar-refractivity contribution < 1.29 is 78.9 Å². The molecule has 6 atom stereocenters. The van der Waals surface area contributed by atoms with Crippen molar-refractivity contribution in [3.63, 3.8) is 0 Å². The monoisotopic (exact) mass is 515 g/mol. The van der Waals surface area contributed by atoms with Crippen LogP contribution in [0.15, 0.2) is 72.8 Å². The molecule has 0 aromatic heterocycles. The zero-order valence-electron chi connectivity index (χ0n) is 19.5. The van der Waals surface area contributed by atoms with E-state index in [1.807, 2.05) is 0 Å². The topological polar surface area (TPSA) is 169 Å². The van der Waals surface area contributed by atoms with Gasteiger partial charge in [-0.3, -0.25) is 0 Å². The molecule has 0 spiro atoms. The largest absolute Gasteiger partial charge is 1.00 e. The van der Waals surface area contributed by atoms with Crippen LogP contribution in [0.3, 0.4) is 0 Å². The van der Waals surface area contributed by atoms with Gasteiger partial charge in [-0.2, -0.15) is 0 Å². The molecule has 3 N–H and O–H groups in total. The fourth-order valence-corrected chi connectivity index (χ4v) is 4.65. The van der Waals surface area contributed by atoms with Crippen molar-refractivity contribution in [1.29, 1.82) is 0 Å². The Kier molecular flexibility index (Phi) is 7.63. The average molecular weight is 515 g/mol. The molecule has 186 valence electrons. The molecule has 10 nitrogen and oxygen atoms in total. The van der Waals surface area contributed by atoms with Crippen molar-refractivity contribution in [2.45, 2.75) is 36.3 Å². The number of phenolic OH excluding ortho intramolecular Hbond substituents is 1. The number of esters is 1. The second-order valence-electron chi connectivity index (χ2n) is 8.47. The van der Waals surface area contributed by atoms with E-state index in [0.717, 1.165) is 0 Å². The standard InChI is InChI=1S/C26H21O10.Na/c27-14-11-9-13(10-12-14)26(16-6-2-1-5-15(16)24(32)36-26)17-7-3-4-8-18(17)34-21-19(28)20(29)25(33)35-22(21)23(30)31;/h1-12,19-22,25,27-29H,(H,30,31);/q-1;+1/p-1/t19-,20-,21+,22+,25-,26?;/m1./s1. The number of carboxylic acid groups (broad SMARTS) is 1. The van der Waals surface area contributed by atoms with Crippen LogP contribution in [0, 0.1) is 0 Å². The van der Waals surface area contributed by atoms with Crippen LogP contribution < -0.4 is 44.5 Å². The van der Waals surface area contributed by atoms with Crippen LogP contribution in [0.25, 0.3) is 0 Å². The number of hydrogen-bond donors (Lipinski definition) is 3. The minimum Gasteiger partial charge on any atom is -0.829 e. The average Bonchev–Trinajstić information content (AvgIpc) is 3.18. The van der Waals surface area contributed by atoms with Gasteiger partial charge in [-0.25, -0.2) is 4.79 Å². The number of aliphatic carboxylic acids is 1. The molecule has 37 heavy (non-hydrogen) atoms. The summed E-state index contributed by atoms with van der Waals surface area (Å²) in [6, 6.07) is 18.9. The molecule has 0 saturated carbocycles. The Morgan fingerprint density at radius 1 is 0.919 bits per heavy atom. The zero-order chi connectivity index (χ0) is 25.6. The summed E-state index contributed by atoms with van der Waals surface area (Å²) < 4.78 is 16.7. The van der Waals surface area contributed by atoms with E-state index < -0.39 is 48.2 Å². The van der Waals surface area contributed by atoms with Crippen molar-refractivity contribution in [3.05, 3.63) is 95.1 Å². The Balaban J connectivity index is 0.00000320. The van der Waals surface area contributed by atoms with Gasteiger partial charge in [-0.1, -0.05) is 48.5 Å². The molecule has 1 fully saturated rings. The van der Waals surface area contributed by atoms with Crippen LogP contribution in [0.4, 0.5) is 0 Å². The van der Waals surface area contributed by atoms with Crippen molar-refractivity contribution in [2.75, 3.05) is 0 Å². The number of fused-ring (bicyclic) bond motifs is 1. The molecule has 1 unspecified atom stereocenters. The van der Waals surface area contributed by atoms with Crippen LogP contribution >= 0.6 is 0 Å². The molecular weight excluding hydrogens is 495 g/mol. The fourth-order valence-electron chi connectivity index (χ4n) is 4.65. The summed E-state index contributed by atoms with van der Waals surface area (Å²) in [5.41, 5.74) is -0.107. The van der Waals surface area contributed by atoms with Gasteiger partial charge in [-0.05, 0) is 24.3 Å². The molecule has 2 aliphatic heterocycles. The predicted octanol–water partition coefficient (Wildman–Crippen LogP) is -3.84. The molecular formula is C26H20NaO10-. The summed E-state index contributed by atoms with van der Waals surface area (Å²) in [6.45, 7) is 0. The molecule has 0 aliphatic carbocycles. The minimum atomic E-state index is -2.22. The molecule has 2 heterocycles. The maximum atomic E-state index is 12.9. The Labute approximate surface area is 233 Å². The van der Waals surface area contributed by atoms with E-state index >= 15 is 0 Å². The summed E-state index contributed by atoms with van der Waals surface area (Å²) in [4.78, 5) is 24.6. The summed E-state index contributed by atoms with van der Waals surface area (Å²) >= 11 is 0. The second kappa shape index (κ2) is 10.4. The number of carbonyl (C=O) groups excluding carboxylic acids is 2. The maximum absolute atomic E-state index is 12.9. The molecule has 2 aliphatic rings. The fraction of sp³-hybridized carbons (Fsp3) is 0.231. The van der Waals surface area contributed by atoms with Gasteiger partial charge in [0.1, 0.15) is 23.7 Å². The van der Waals surface area contributed by atoms with Crippen LogP contribution in [-0.4, -0.2) is 58.0 Å². The number of aliphatic hydroxyl groups is 2. The van der Waals surface area contributed by atoms with Crippen LogP contribution in [-0.2, 0) is 19.9 Å². The Morgan fingerprint density at radius 2 is 1.54 bits per heavy atom. The molecule has 3 aromatic rings. The van der Waals surface area contributed by atoms with Crippen molar-refractivity contribution in [1.82, 2.24) is 0 Å². The molecule has 0 radical (unpaired) electrons. The van der Waals surface area contributed by atoms with E-state index in [4.69, 9.17) is 14.2 Å². The first-order valence-electron chi connectivity index (χ1n) is 11.0. The van der Waals surface area contributed by atoms with Crippen LogP contribution in [0.2, 0.25) is 0 Å². The number of carbonyl (C=O) groups is 2. The summed E-state index contributed by atoms with van der Waals surface area (Å²) in [5, 5.41) is 53.9. The van der Waals surface area contributed by atoms with Crippen LogP contribution in [0.1, 0.15) is 27.0 Å². The van der Waals surface area contributed by atoms with Crippen molar-refractivity contribution >= 4 is 11.9 Å². The molecule has 0 bridgehead atoms. The summed E-state index contributed by atoms with van der Waals surface area (Å²) in [5.74, 6) is -2.45. The molecule has 11 heteroatoms. The second-order valence-corrected chi connectivity index (χ2v) is 8.47. The third-order valence-corrected chi connectivity index (χ3v) is 6.35. The van der Waals surface area contributed by atoms with Gasteiger partial charge in [0.25, 0.3) is 0 Å². The van der Waals surface area contributed by atoms with E-state index in [1.54, 1.807) is 54.6 Å². The van der Waals surface area contributed by atoms with E-state index in [0.29, 0.717) is 16.7 Å². The number of carboxylic acids is 1. The number of para-hydroxylation sites is 1. The number of aliphatic hydroxyl groups excluding tert-OH is 2. The number of aromatic hydroxyl groups is 1. The van der Waals surface area contributed by atoms with Gasteiger partial charge in [-0.15, -0.1) is 0 Å². The van der Waals surface area contributed by atoms with Gasteiger partial charge < -0.3 is 44.5 Å². The summed E-state index contributed by atoms with van der Waals surface area (Å²) in [6.07, 6.45) is -9.80. The molecule has 0 amide bonds. The first-order valence-corrected chi connectivity index (χ1v) is 11.0. The minimum absolute atomic E-state index is 0.